The van der Waals surface area contributed by atoms with Crippen LogP contribution in [-0.4, -0.2) is 64.8 Å². The standard InChI is InChI=1S/C28H34N6O4/c1-37-23-16-18-12-14-33(28(36)38-20-7-2-3-8-20)17-19(18)15-21(23)27(35)32-25-11-6-9-22(31-25)26(30)34-13-5-4-10-24(34)29/h6,9,11,15-16,20,29-30H,2-5,7-8,10,12-14,17H2,1H3,(H,31,32,35). The van der Waals surface area contributed by atoms with Crippen molar-refractivity contribution < 1.29 is 19.1 Å². The fraction of sp³-hybridized carbons (Fsp3) is 0.464. The van der Waals surface area contributed by atoms with Crippen molar-refractivity contribution in [1.82, 2.24) is 14.8 Å². The molecule has 2 amide bonds. The molecule has 1 saturated heterocycles. The Balaban J connectivity index is 1.31. The number of nitrogens with zero attached hydrogens (tertiary/aromatic N) is 3. The second-order valence-electron chi connectivity index (χ2n) is 10.0. The number of benzene rings is 1. The molecule has 2 fully saturated rings. The van der Waals surface area contributed by atoms with Gasteiger partial charge in [-0.15, -0.1) is 0 Å². The third-order valence-corrected chi connectivity index (χ3v) is 7.48. The van der Waals surface area contributed by atoms with Crippen molar-refractivity contribution in [2.75, 3.05) is 25.5 Å². The lowest BCUT2D eigenvalue weighted by Crippen LogP contribution is -2.40. The molecule has 1 aliphatic carbocycles. The Morgan fingerprint density at radius 2 is 1.87 bits per heavy atom. The maximum absolute atomic E-state index is 13.3. The Labute approximate surface area is 222 Å². The van der Waals surface area contributed by atoms with Crippen LogP contribution < -0.4 is 10.1 Å². The Kier molecular flexibility index (Phi) is 7.57. The van der Waals surface area contributed by atoms with Crippen LogP contribution in [0.15, 0.2) is 30.3 Å². The SMILES string of the molecule is COc1cc2c(cc1C(=O)Nc1cccc(C(=N)N3CCCCC3=N)n1)CN(C(=O)OC1CCCC1)CC2. The predicted molar refractivity (Wildman–Crippen MR) is 143 cm³/mol. The van der Waals surface area contributed by atoms with Crippen molar-refractivity contribution in [2.24, 2.45) is 0 Å². The molecule has 38 heavy (non-hydrogen) atoms. The zero-order chi connectivity index (χ0) is 26.6. The van der Waals surface area contributed by atoms with Gasteiger partial charge in [-0.3, -0.25) is 15.6 Å². The average Bonchev–Trinajstić information content (AvgIpc) is 3.45. The summed E-state index contributed by atoms with van der Waals surface area (Å²) in [6.45, 7) is 1.55. The summed E-state index contributed by atoms with van der Waals surface area (Å²) in [5.74, 6) is 0.938. The van der Waals surface area contributed by atoms with Crippen LogP contribution >= 0.6 is 0 Å². The first kappa shape index (κ1) is 25.7. The number of piperidine rings is 1. The number of ether oxygens (including phenoxy) is 2. The van der Waals surface area contributed by atoms with Gasteiger partial charge in [0.15, 0.2) is 5.84 Å². The van der Waals surface area contributed by atoms with Gasteiger partial charge in [-0.1, -0.05) is 6.07 Å². The summed E-state index contributed by atoms with van der Waals surface area (Å²) in [7, 11) is 1.53. The van der Waals surface area contributed by atoms with Crippen LogP contribution in [0.4, 0.5) is 10.6 Å². The van der Waals surface area contributed by atoms with E-state index in [0.29, 0.717) is 61.1 Å². The van der Waals surface area contributed by atoms with Gasteiger partial charge in [0.1, 0.15) is 29.2 Å². The van der Waals surface area contributed by atoms with E-state index in [-0.39, 0.29) is 18.0 Å². The molecule has 10 nitrogen and oxygen atoms in total. The number of anilines is 1. The fourth-order valence-electron chi connectivity index (χ4n) is 5.35. The number of hydrogen-bond donors (Lipinski definition) is 3. The monoisotopic (exact) mass is 518 g/mol. The number of aromatic nitrogens is 1. The minimum absolute atomic E-state index is 0.00589. The fourth-order valence-corrected chi connectivity index (χ4v) is 5.35. The van der Waals surface area contributed by atoms with Gasteiger partial charge in [0.25, 0.3) is 5.91 Å². The lowest BCUT2D eigenvalue weighted by atomic mass is 9.96. The molecule has 200 valence electrons. The van der Waals surface area contributed by atoms with Crippen LogP contribution in [0.5, 0.6) is 5.75 Å². The van der Waals surface area contributed by atoms with Gasteiger partial charge in [-0.05, 0) is 80.3 Å². The highest BCUT2D eigenvalue weighted by atomic mass is 16.6. The normalized spacial score (nSPS) is 17.7. The van der Waals surface area contributed by atoms with E-state index in [1.807, 2.05) is 6.07 Å². The lowest BCUT2D eigenvalue weighted by Gasteiger charge is -2.30. The Bertz CT molecular complexity index is 1260. The molecule has 10 heteroatoms. The Morgan fingerprint density at radius 1 is 1.05 bits per heavy atom. The van der Waals surface area contributed by atoms with Crippen LogP contribution in [0.3, 0.4) is 0 Å². The van der Waals surface area contributed by atoms with Gasteiger partial charge in [0, 0.05) is 26.1 Å². The highest BCUT2D eigenvalue weighted by molar-refractivity contribution is 6.08. The molecule has 0 radical (unpaired) electrons. The number of likely N-dealkylation sites (tertiary alicyclic amines) is 1. The molecule has 0 atom stereocenters. The number of carbonyl (C=O) groups excluding carboxylic acids is 2. The highest BCUT2D eigenvalue weighted by Crippen LogP contribution is 2.30. The first-order valence-electron chi connectivity index (χ1n) is 13.3. The molecule has 5 rings (SSSR count). The average molecular weight is 519 g/mol. The third kappa shape index (κ3) is 5.49. The minimum Gasteiger partial charge on any atom is -0.496 e. The number of methoxy groups -OCH3 is 1. The second-order valence-corrected chi connectivity index (χ2v) is 10.0. The van der Waals surface area contributed by atoms with Crippen molar-refractivity contribution in [1.29, 1.82) is 10.8 Å². The molecule has 3 heterocycles. The number of rotatable bonds is 5. The number of hydrogen-bond acceptors (Lipinski definition) is 7. The van der Waals surface area contributed by atoms with Crippen molar-refractivity contribution in [3.63, 3.8) is 0 Å². The van der Waals surface area contributed by atoms with Crippen LogP contribution in [0, 0.1) is 10.8 Å². The van der Waals surface area contributed by atoms with E-state index in [4.69, 9.17) is 20.3 Å². The summed E-state index contributed by atoms with van der Waals surface area (Å²) in [6, 6.07) is 8.75. The molecular weight excluding hydrogens is 484 g/mol. The number of carbonyl (C=O) groups is 2. The first-order chi connectivity index (χ1) is 18.4. The van der Waals surface area contributed by atoms with Crippen molar-refractivity contribution in [3.8, 4) is 5.75 Å². The number of fused-ring (bicyclic) bond motifs is 1. The molecule has 1 saturated carbocycles. The summed E-state index contributed by atoms with van der Waals surface area (Å²) in [4.78, 5) is 33.9. The van der Waals surface area contributed by atoms with Crippen molar-refractivity contribution >= 4 is 29.5 Å². The van der Waals surface area contributed by atoms with Gasteiger partial charge in [-0.2, -0.15) is 0 Å². The van der Waals surface area contributed by atoms with E-state index in [2.05, 4.69) is 10.3 Å². The van der Waals surface area contributed by atoms with Gasteiger partial charge in [0.05, 0.1) is 12.7 Å². The third-order valence-electron chi connectivity index (χ3n) is 7.48. The molecular formula is C28H34N6O4. The minimum atomic E-state index is -0.391. The molecule has 0 spiro atoms. The van der Waals surface area contributed by atoms with Crippen LogP contribution in [0.2, 0.25) is 0 Å². The summed E-state index contributed by atoms with van der Waals surface area (Å²) < 4.78 is 11.2. The molecule has 3 N–H and O–H groups in total. The van der Waals surface area contributed by atoms with Crippen molar-refractivity contribution in [2.45, 2.75) is 64.0 Å². The topological polar surface area (TPSA) is 132 Å². The van der Waals surface area contributed by atoms with Crippen molar-refractivity contribution in [3.05, 3.63) is 52.7 Å². The molecule has 0 bridgehead atoms. The molecule has 3 aliphatic rings. The maximum Gasteiger partial charge on any atom is 0.410 e. The van der Waals surface area contributed by atoms with E-state index in [0.717, 1.165) is 49.7 Å². The highest BCUT2D eigenvalue weighted by Gasteiger charge is 2.28. The van der Waals surface area contributed by atoms with Gasteiger partial charge < -0.3 is 24.6 Å². The lowest BCUT2D eigenvalue weighted by molar-refractivity contribution is 0.0618. The van der Waals surface area contributed by atoms with Crippen LogP contribution in [0.25, 0.3) is 0 Å². The molecule has 2 aromatic rings. The van der Waals surface area contributed by atoms with E-state index in [9.17, 15) is 9.59 Å². The van der Waals surface area contributed by atoms with Gasteiger partial charge in [0.2, 0.25) is 0 Å². The number of nitrogens with one attached hydrogen (secondary N) is 3. The zero-order valence-corrected chi connectivity index (χ0v) is 21.7. The summed E-state index contributed by atoms with van der Waals surface area (Å²) in [6.07, 6.45) is 6.93. The van der Waals surface area contributed by atoms with E-state index in [1.165, 1.54) is 7.11 Å². The summed E-state index contributed by atoms with van der Waals surface area (Å²) in [5, 5.41) is 19.5. The molecule has 0 unspecified atom stereocenters. The van der Waals surface area contributed by atoms with Crippen LogP contribution in [-0.2, 0) is 17.7 Å². The molecule has 1 aromatic heterocycles. The number of amidine groups is 2. The predicted octanol–water partition coefficient (Wildman–Crippen LogP) is 4.57. The van der Waals surface area contributed by atoms with E-state index >= 15 is 0 Å². The number of pyridine rings is 1. The van der Waals surface area contributed by atoms with Crippen LogP contribution in [0.1, 0.15) is 72.1 Å². The zero-order valence-electron chi connectivity index (χ0n) is 21.7. The molecule has 2 aliphatic heterocycles. The summed E-state index contributed by atoms with van der Waals surface area (Å²) >= 11 is 0. The van der Waals surface area contributed by atoms with E-state index in [1.54, 1.807) is 34.1 Å². The summed E-state index contributed by atoms with van der Waals surface area (Å²) in [5.41, 5.74) is 2.67. The first-order valence-corrected chi connectivity index (χ1v) is 13.3. The smallest absolute Gasteiger partial charge is 0.410 e. The maximum atomic E-state index is 13.3. The Hall–Kier alpha value is -3.95. The molecule has 1 aromatic carbocycles. The van der Waals surface area contributed by atoms with Gasteiger partial charge >= 0.3 is 6.09 Å². The second kappa shape index (κ2) is 11.2. The number of amides is 2. The quantitative estimate of drug-likeness (QED) is 0.393. The van der Waals surface area contributed by atoms with E-state index < -0.39 is 5.91 Å². The Morgan fingerprint density at radius 3 is 2.63 bits per heavy atom. The van der Waals surface area contributed by atoms with Gasteiger partial charge in [-0.25, -0.2) is 9.78 Å². The largest absolute Gasteiger partial charge is 0.496 e.